The van der Waals surface area contributed by atoms with E-state index in [0.717, 1.165) is 83.5 Å². The van der Waals surface area contributed by atoms with Crippen LogP contribution < -0.4 is 0 Å². The van der Waals surface area contributed by atoms with Crippen LogP contribution >= 0.6 is 7.82 Å². The third kappa shape index (κ3) is 46.7. The summed E-state index contributed by atoms with van der Waals surface area (Å²) in [5, 5.41) is 0. The van der Waals surface area contributed by atoms with Crippen molar-refractivity contribution in [2.75, 3.05) is 54.1 Å². The maximum Gasteiger partial charge on any atom is 0.472 e. The first-order valence-electron chi connectivity index (χ1n) is 23.8. The van der Waals surface area contributed by atoms with Gasteiger partial charge in [-0.3, -0.25) is 13.8 Å². The number of ether oxygens (including phenoxy) is 2. The molecule has 0 aliphatic carbocycles. The number of phosphoric acid groups is 1. The van der Waals surface area contributed by atoms with Crippen molar-refractivity contribution in [3.05, 3.63) is 85.1 Å². The number of phosphoric ester groups is 1. The van der Waals surface area contributed by atoms with Crippen LogP contribution in [0, 0.1) is 0 Å². The van der Waals surface area contributed by atoms with Crippen LogP contribution in [0.3, 0.4) is 0 Å². The van der Waals surface area contributed by atoms with E-state index in [-0.39, 0.29) is 32.2 Å². The Bertz CT molecular complexity index is 1230. The number of esters is 1. The van der Waals surface area contributed by atoms with Crippen molar-refractivity contribution in [1.29, 1.82) is 0 Å². The van der Waals surface area contributed by atoms with E-state index in [1.54, 1.807) is 0 Å². The van der Waals surface area contributed by atoms with E-state index < -0.39 is 13.9 Å². The fourth-order valence-electron chi connectivity index (χ4n) is 6.06. The zero-order chi connectivity index (χ0) is 44.1. The minimum Gasteiger partial charge on any atom is -0.457 e. The highest BCUT2D eigenvalue weighted by Crippen LogP contribution is 2.43. The summed E-state index contributed by atoms with van der Waals surface area (Å²) < 4.78 is 35.0. The Morgan fingerprint density at radius 1 is 0.533 bits per heavy atom. The van der Waals surface area contributed by atoms with Crippen LogP contribution in [-0.4, -0.2) is 75.6 Å². The van der Waals surface area contributed by atoms with Crippen molar-refractivity contribution in [1.82, 2.24) is 0 Å². The molecule has 60 heavy (non-hydrogen) atoms. The molecule has 2 atom stereocenters. The average molecular weight is 861 g/mol. The maximum atomic E-state index is 12.7. The lowest BCUT2D eigenvalue weighted by Crippen LogP contribution is -2.37. The van der Waals surface area contributed by atoms with E-state index in [1.807, 2.05) is 21.1 Å². The highest BCUT2D eigenvalue weighted by molar-refractivity contribution is 7.47. The van der Waals surface area contributed by atoms with E-state index in [1.165, 1.54) is 70.6 Å². The molecule has 0 rings (SSSR count). The first kappa shape index (κ1) is 57.7. The van der Waals surface area contributed by atoms with Crippen molar-refractivity contribution in [3.8, 4) is 0 Å². The van der Waals surface area contributed by atoms with Gasteiger partial charge in [-0.2, -0.15) is 0 Å². The van der Waals surface area contributed by atoms with E-state index >= 15 is 0 Å². The van der Waals surface area contributed by atoms with Crippen LogP contribution in [-0.2, 0) is 27.9 Å². The second-order valence-electron chi connectivity index (χ2n) is 16.8. The number of rotatable bonds is 43. The molecule has 0 aromatic carbocycles. The Hall–Kier alpha value is -2.32. The molecule has 0 saturated carbocycles. The largest absolute Gasteiger partial charge is 0.472 e. The lowest BCUT2D eigenvalue weighted by molar-refractivity contribution is -0.870. The molecule has 8 nitrogen and oxygen atoms in total. The maximum absolute atomic E-state index is 12.7. The fraction of sp³-hybridized carbons (Fsp3) is 0.706. The Balaban J connectivity index is 4.27. The summed E-state index contributed by atoms with van der Waals surface area (Å²) in [7, 11) is 1.63. The normalized spacial score (nSPS) is 14.4. The van der Waals surface area contributed by atoms with E-state index in [2.05, 4.69) is 98.9 Å². The summed E-state index contributed by atoms with van der Waals surface area (Å²) in [4.78, 5) is 22.9. The van der Waals surface area contributed by atoms with Crippen LogP contribution in [0.25, 0.3) is 0 Å². The van der Waals surface area contributed by atoms with E-state index in [0.29, 0.717) is 17.6 Å². The number of carbonyl (C=O) groups is 1. The van der Waals surface area contributed by atoms with Gasteiger partial charge in [0.15, 0.2) is 0 Å². The van der Waals surface area contributed by atoms with Crippen molar-refractivity contribution >= 4 is 13.8 Å². The molecule has 1 N–H and O–H groups in total. The Morgan fingerprint density at radius 3 is 1.43 bits per heavy atom. The Labute approximate surface area is 369 Å². The molecule has 346 valence electrons. The number of quaternary nitrogens is 1. The van der Waals surface area contributed by atoms with Gasteiger partial charge in [0.2, 0.25) is 0 Å². The third-order valence-electron chi connectivity index (χ3n) is 9.72. The molecular weight excluding hydrogens is 770 g/mol. The van der Waals surface area contributed by atoms with Crippen molar-refractivity contribution in [2.45, 2.75) is 180 Å². The van der Waals surface area contributed by atoms with Gasteiger partial charge in [0.05, 0.1) is 34.4 Å². The summed E-state index contributed by atoms with van der Waals surface area (Å²) in [6, 6.07) is 0. The topological polar surface area (TPSA) is 91.3 Å². The summed E-state index contributed by atoms with van der Waals surface area (Å²) in [6.45, 7) is 5.45. The van der Waals surface area contributed by atoms with Crippen LogP contribution in [0.1, 0.15) is 174 Å². The molecule has 0 aromatic rings. The van der Waals surface area contributed by atoms with E-state index in [9.17, 15) is 14.3 Å². The number of carbonyl (C=O) groups excluding carboxylic acids is 1. The predicted octanol–water partition coefficient (Wildman–Crippen LogP) is 14.4. The zero-order valence-electron chi connectivity index (χ0n) is 39.2. The molecule has 2 unspecified atom stereocenters. The molecular formula is C51H91NO7P+. The standard InChI is InChI=1S/C51H90NO7P/c1-6-8-10-12-14-16-18-20-21-22-23-24-25-26-27-28-29-30-31-32-34-36-38-40-42-44-51(53)59-50(49-58-60(54,55)57-47-45-52(3,4)5)48-56-46-43-41-39-37-35-33-19-17-15-13-11-9-7-2/h8,10,14,16,20-21,23-24,26-27,29-30,32,34,50H,6-7,9,11-13,15,17-19,22,25,28,31,33,35-49H2,1-5H3/p+1/b10-8-,16-14-,21-20-,24-23-,27-26-,30-29-,34-32-. The van der Waals surface area contributed by atoms with Gasteiger partial charge >= 0.3 is 13.8 Å². The molecule has 0 heterocycles. The van der Waals surface area contributed by atoms with Crippen molar-refractivity contribution in [3.63, 3.8) is 0 Å². The van der Waals surface area contributed by atoms with Crippen LogP contribution in [0.2, 0.25) is 0 Å². The molecule has 0 aromatic heterocycles. The molecule has 0 fully saturated rings. The minimum atomic E-state index is -4.29. The molecule has 0 radical (unpaired) electrons. The number of allylic oxidation sites excluding steroid dienone is 14. The number of hydrogen-bond acceptors (Lipinski definition) is 6. The first-order chi connectivity index (χ1) is 29.1. The molecule has 0 bridgehead atoms. The highest BCUT2D eigenvalue weighted by Gasteiger charge is 2.26. The zero-order valence-corrected chi connectivity index (χ0v) is 40.1. The summed E-state index contributed by atoms with van der Waals surface area (Å²) in [5.41, 5.74) is 0. The van der Waals surface area contributed by atoms with Crippen LogP contribution in [0.4, 0.5) is 0 Å². The van der Waals surface area contributed by atoms with Gasteiger partial charge in [-0.05, 0) is 70.6 Å². The molecule has 0 amide bonds. The number of nitrogens with zero attached hydrogens (tertiary/aromatic N) is 1. The summed E-state index contributed by atoms with van der Waals surface area (Å²) >= 11 is 0. The van der Waals surface area contributed by atoms with Gasteiger partial charge in [0.25, 0.3) is 0 Å². The monoisotopic (exact) mass is 861 g/mol. The second-order valence-corrected chi connectivity index (χ2v) is 18.2. The molecule has 0 saturated heterocycles. The van der Waals surface area contributed by atoms with Gasteiger partial charge in [-0.1, -0.05) is 182 Å². The molecule has 0 aliphatic rings. The fourth-order valence-corrected chi connectivity index (χ4v) is 6.80. The number of unbranched alkanes of at least 4 members (excludes halogenated alkanes) is 15. The van der Waals surface area contributed by atoms with Crippen LogP contribution in [0.5, 0.6) is 0 Å². The van der Waals surface area contributed by atoms with Crippen molar-refractivity contribution in [2.24, 2.45) is 0 Å². The van der Waals surface area contributed by atoms with Crippen LogP contribution in [0.15, 0.2) is 85.1 Å². The summed E-state index contributed by atoms with van der Waals surface area (Å²) in [5.74, 6) is -0.347. The first-order valence-corrected chi connectivity index (χ1v) is 25.3. The van der Waals surface area contributed by atoms with Crippen molar-refractivity contribution < 1.29 is 37.3 Å². The third-order valence-corrected chi connectivity index (χ3v) is 10.7. The highest BCUT2D eigenvalue weighted by atomic mass is 31.2. The molecule has 0 spiro atoms. The van der Waals surface area contributed by atoms with Gasteiger partial charge in [0, 0.05) is 13.0 Å². The Kier molecular flexibility index (Phi) is 41.7. The summed E-state index contributed by atoms with van der Waals surface area (Å²) in [6.07, 6.45) is 57.6. The lowest BCUT2D eigenvalue weighted by atomic mass is 10.0. The lowest BCUT2D eigenvalue weighted by Gasteiger charge is -2.24. The quantitative estimate of drug-likeness (QED) is 0.0215. The Morgan fingerprint density at radius 2 is 0.967 bits per heavy atom. The SMILES string of the molecule is CC/C=C\C/C=C\C/C=C\C/C=C\C/C=C\C/C=C\C/C=C\CCCCCC(=O)OC(COCCCCCCCCCCCCCCC)COP(=O)(O)OCC[N+](C)(C)C. The van der Waals surface area contributed by atoms with E-state index in [4.69, 9.17) is 18.5 Å². The second kappa shape index (κ2) is 43.3. The van der Waals surface area contributed by atoms with Gasteiger partial charge < -0.3 is 18.9 Å². The average Bonchev–Trinajstić information content (AvgIpc) is 3.20. The smallest absolute Gasteiger partial charge is 0.457 e. The van der Waals surface area contributed by atoms with Gasteiger partial charge in [-0.25, -0.2) is 4.57 Å². The van der Waals surface area contributed by atoms with Gasteiger partial charge in [-0.15, -0.1) is 0 Å². The molecule has 0 aliphatic heterocycles. The molecule has 9 heteroatoms. The number of likely N-dealkylation sites (N-methyl/N-ethyl adjacent to an activating group) is 1. The minimum absolute atomic E-state index is 0.0783. The number of hydrogen-bond donors (Lipinski definition) is 1. The predicted molar refractivity (Wildman–Crippen MR) is 256 cm³/mol. The van der Waals surface area contributed by atoms with Gasteiger partial charge in [0.1, 0.15) is 19.3 Å².